The van der Waals surface area contributed by atoms with Gasteiger partial charge in [0.1, 0.15) is 18.5 Å². The van der Waals surface area contributed by atoms with E-state index in [0.717, 1.165) is 29.5 Å². The van der Waals surface area contributed by atoms with Gasteiger partial charge >= 0.3 is 0 Å². The molecule has 1 unspecified atom stereocenters. The first-order valence-electron chi connectivity index (χ1n) is 8.85. The van der Waals surface area contributed by atoms with Gasteiger partial charge in [-0.3, -0.25) is 0 Å². The van der Waals surface area contributed by atoms with Crippen LogP contribution in [0.15, 0.2) is 34.6 Å². The van der Waals surface area contributed by atoms with Crippen LogP contribution in [0.4, 0.5) is 0 Å². The second kappa shape index (κ2) is 10.0. The third kappa shape index (κ3) is 5.78. The first kappa shape index (κ1) is 20.8. The molecule has 0 fully saturated rings. The number of thiophene rings is 2. The van der Waals surface area contributed by atoms with E-state index in [1.54, 1.807) is 17.4 Å². The minimum atomic E-state index is -0.654. The Labute approximate surface area is 177 Å². The van der Waals surface area contributed by atoms with Crippen molar-refractivity contribution in [3.8, 4) is 0 Å². The van der Waals surface area contributed by atoms with Gasteiger partial charge in [-0.05, 0) is 36.9 Å². The lowest BCUT2D eigenvalue weighted by molar-refractivity contribution is 0.184. The molecule has 3 aromatic rings. The van der Waals surface area contributed by atoms with E-state index in [1.807, 2.05) is 30.7 Å². The zero-order valence-corrected chi connectivity index (χ0v) is 18.1. The van der Waals surface area contributed by atoms with E-state index in [2.05, 4.69) is 37.3 Å². The van der Waals surface area contributed by atoms with Crippen molar-refractivity contribution in [1.29, 1.82) is 0 Å². The van der Waals surface area contributed by atoms with E-state index in [9.17, 15) is 5.11 Å². The maximum absolute atomic E-state index is 10.4. The highest BCUT2D eigenvalue weighted by molar-refractivity contribution is 7.16. The summed E-state index contributed by atoms with van der Waals surface area (Å²) in [5.74, 6) is 2.25. The van der Waals surface area contributed by atoms with Crippen molar-refractivity contribution >= 4 is 40.2 Å². The van der Waals surface area contributed by atoms with Crippen LogP contribution in [0.25, 0.3) is 0 Å². The van der Waals surface area contributed by atoms with Crippen LogP contribution in [-0.2, 0) is 20.0 Å². The quantitative estimate of drug-likeness (QED) is 0.372. The van der Waals surface area contributed by atoms with E-state index < -0.39 is 6.10 Å². The Bertz CT molecular complexity index is 905. The molecule has 10 heteroatoms. The van der Waals surface area contributed by atoms with Gasteiger partial charge in [-0.1, -0.05) is 17.7 Å². The molecular weight excluding hydrogens is 416 g/mol. The highest BCUT2D eigenvalue weighted by Gasteiger charge is 2.12. The van der Waals surface area contributed by atoms with Crippen LogP contribution < -0.4 is 10.6 Å². The molecule has 3 heterocycles. The molecule has 0 aliphatic carbocycles. The van der Waals surface area contributed by atoms with Gasteiger partial charge in [-0.2, -0.15) is 0 Å². The molecule has 3 aromatic heterocycles. The average Bonchev–Trinajstić information content (AvgIpc) is 3.41. The fourth-order valence-corrected chi connectivity index (χ4v) is 4.23. The summed E-state index contributed by atoms with van der Waals surface area (Å²) in [5.41, 5.74) is 0. The highest BCUT2D eigenvalue weighted by Crippen LogP contribution is 2.26. The number of hydrogen-bond acceptors (Lipinski definition) is 6. The Morgan fingerprint density at radius 3 is 2.82 bits per heavy atom. The topological polar surface area (TPSA) is 87.4 Å². The number of halogens is 1. The first-order chi connectivity index (χ1) is 13.5. The normalized spacial score (nSPS) is 12.9. The van der Waals surface area contributed by atoms with E-state index in [-0.39, 0.29) is 0 Å². The number of rotatable bonds is 8. The zero-order chi connectivity index (χ0) is 19.9. The average molecular weight is 439 g/mol. The number of aliphatic hydroxyl groups excluding tert-OH is 1. The molecule has 0 aliphatic heterocycles. The Kier molecular flexibility index (Phi) is 7.43. The number of guanidine groups is 1. The summed E-state index contributed by atoms with van der Waals surface area (Å²) in [6.07, 6.45) is 0.253. The van der Waals surface area contributed by atoms with Gasteiger partial charge in [0.15, 0.2) is 11.8 Å². The van der Waals surface area contributed by atoms with Crippen molar-refractivity contribution < 1.29 is 5.11 Å². The first-order valence-corrected chi connectivity index (χ1v) is 10.9. The lowest BCUT2D eigenvalue weighted by atomic mass is 10.3. The minimum Gasteiger partial charge on any atom is -0.386 e. The fraction of sp³-hybridized carbons (Fsp3) is 0.389. The highest BCUT2D eigenvalue weighted by atomic mass is 35.5. The van der Waals surface area contributed by atoms with E-state index in [4.69, 9.17) is 11.6 Å². The van der Waals surface area contributed by atoms with Crippen molar-refractivity contribution in [2.45, 2.75) is 26.0 Å². The lowest BCUT2D eigenvalue weighted by Gasteiger charge is -2.15. The largest absolute Gasteiger partial charge is 0.386 e. The summed E-state index contributed by atoms with van der Waals surface area (Å²) >= 11 is 9.06. The summed E-state index contributed by atoms with van der Waals surface area (Å²) < 4.78 is 2.57. The maximum atomic E-state index is 10.4. The standard InChI is InChI=1S/C18H23ClN6OS2/c1-12-23-24-17(25(12)2)11-22-18(20-8-7-13-4-3-9-27-13)21-10-14(26)15-5-6-16(19)28-15/h3-6,9,14,26H,7-8,10-11H2,1-2H3,(H2,20,21,22). The van der Waals surface area contributed by atoms with Crippen molar-refractivity contribution in [1.82, 2.24) is 25.4 Å². The molecular formula is C18H23ClN6OS2. The zero-order valence-electron chi connectivity index (χ0n) is 15.7. The van der Waals surface area contributed by atoms with E-state index in [0.29, 0.717) is 23.4 Å². The Balaban J connectivity index is 1.60. The molecule has 7 nitrogen and oxygen atoms in total. The van der Waals surface area contributed by atoms with E-state index >= 15 is 0 Å². The number of aryl methyl sites for hydroxylation is 1. The molecule has 0 bridgehead atoms. The predicted molar refractivity (Wildman–Crippen MR) is 115 cm³/mol. The van der Waals surface area contributed by atoms with Crippen LogP contribution in [0.2, 0.25) is 4.34 Å². The number of aliphatic hydroxyl groups is 1. The van der Waals surface area contributed by atoms with Crippen molar-refractivity contribution in [2.75, 3.05) is 13.1 Å². The lowest BCUT2D eigenvalue weighted by Crippen LogP contribution is -2.40. The van der Waals surface area contributed by atoms with Gasteiger partial charge in [0.05, 0.1) is 4.34 Å². The third-order valence-corrected chi connectivity index (χ3v) is 6.46. The van der Waals surface area contributed by atoms with E-state index in [1.165, 1.54) is 16.2 Å². The molecule has 3 N–H and O–H groups in total. The van der Waals surface area contributed by atoms with Gasteiger partial charge in [0, 0.05) is 29.9 Å². The van der Waals surface area contributed by atoms with Gasteiger partial charge in [-0.25, -0.2) is 4.99 Å². The molecule has 0 aromatic carbocycles. The van der Waals surface area contributed by atoms with Crippen LogP contribution in [0, 0.1) is 6.92 Å². The van der Waals surface area contributed by atoms with Crippen molar-refractivity contribution in [3.05, 3.63) is 55.4 Å². The number of aromatic nitrogens is 3. The van der Waals surface area contributed by atoms with Crippen LogP contribution in [0.1, 0.15) is 27.5 Å². The summed E-state index contributed by atoms with van der Waals surface area (Å²) in [4.78, 5) is 6.73. The summed E-state index contributed by atoms with van der Waals surface area (Å²) in [6.45, 7) is 3.37. The van der Waals surface area contributed by atoms with Crippen LogP contribution in [0.5, 0.6) is 0 Å². The molecule has 3 rings (SSSR count). The van der Waals surface area contributed by atoms with Gasteiger partial charge in [-0.15, -0.1) is 32.9 Å². The van der Waals surface area contributed by atoms with Crippen LogP contribution in [-0.4, -0.2) is 38.9 Å². The second-order valence-electron chi connectivity index (χ2n) is 6.18. The molecule has 0 aliphatic rings. The number of nitrogens with zero attached hydrogens (tertiary/aromatic N) is 4. The Hall–Kier alpha value is -1.94. The molecule has 0 radical (unpaired) electrons. The predicted octanol–water partition coefficient (Wildman–Crippen LogP) is 2.91. The third-order valence-electron chi connectivity index (χ3n) is 4.19. The summed E-state index contributed by atoms with van der Waals surface area (Å²) in [6, 6.07) is 7.79. The van der Waals surface area contributed by atoms with Crippen LogP contribution in [0.3, 0.4) is 0 Å². The van der Waals surface area contributed by atoms with Crippen molar-refractivity contribution in [3.63, 3.8) is 0 Å². The van der Waals surface area contributed by atoms with Crippen LogP contribution >= 0.6 is 34.3 Å². The minimum absolute atomic E-state index is 0.333. The molecule has 0 amide bonds. The fourth-order valence-electron chi connectivity index (χ4n) is 2.47. The van der Waals surface area contributed by atoms with Gasteiger partial charge < -0.3 is 20.3 Å². The van der Waals surface area contributed by atoms with Gasteiger partial charge in [0.2, 0.25) is 0 Å². The molecule has 0 spiro atoms. The molecule has 0 saturated heterocycles. The second-order valence-corrected chi connectivity index (χ2v) is 8.96. The monoisotopic (exact) mass is 438 g/mol. The smallest absolute Gasteiger partial charge is 0.191 e. The summed E-state index contributed by atoms with van der Waals surface area (Å²) in [7, 11) is 1.92. The molecule has 0 saturated carbocycles. The molecule has 150 valence electrons. The number of nitrogens with one attached hydrogen (secondary N) is 2. The molecule has 28 heavy (non-hydrogen) atoms. The van der Waals surface area contributed by atoms with Gasteiger partial charge in [0.25, 0.3) is 0 Å². The number of aliphatic imine (C=N–C) groups is 1. The van der Waals surface area contributed by atoms with Crippen molar-refractivity contribution in [2.24, 2.45) is 12.0 Å². The SMILES string of the molecule is Cc1nnc(CN=C(NCCc2cccs2)NCC(O)c2ccc(Cl)s2)n1C. The summed E-state index contributed by atoms with van der Waals surface area (Å²) in [5, 5.41) is 27.2. The Morgan fingerprint density at radius 1 is 1.32 bits per heavy atom. The maximum Gasteiger partial charge on any atom is 0.191 e. The number of hydrogen-bond donors (Lipinski definition) is 3. The Morgan fingerprint density at radius 2 is 2.18 bits per heavy atom. The molecule has 1 atom stereocenters.